The molecule has 1 N–H and O–H groups in total. The maximum atomic E-state index is 12.5. The van der Waals surface area contributed by atoms with E-state index >= 15 is 0 Å². The molecule has 7 nitrogen and oxygen atoms in total. The zero-order valence-corrected chi connectivity index (χ0v) is 15.8. The average molecular weight is 367 g/mol. The Morgan fingerprint density at radius 1 is 1.26 bits per heavy atom. The minimum Gasteiger partial charge on any atom is -0.422 e. The summed E-state index contributed by atoms with van der Waals surface area (Å²) < 4.78 is 5.91. The molecule has 0 bridgehead atoms. The van der Waals surface area contributed by atoms with Crippen molar-refractivity contribution in [2.75, 3.05) is 20.6 Å². The normalized spacial score (nSPS) is 18.4. The van der Waals surface area contributed by atoms with E-state index in [1.54, 1.807) is 0 Å². The molecule has 1 aromatic carbocycles. The minimum atomic E-state index is -0.0307. The summed E-state index contributed by atoms with van der Waals surface area (Å²) >= 11 is 0. The standard InChI is InChI=1S/C20H25N5O2/c1-24(2)13-18-22-23-20(27-18)17-9-5-6-10-25(17)12-15-11-14-7-3-4-8-16(14)21-19(15)26/h3-4,7-8,11,17H,5-6,9-10,12-13H2,1-2H3,(H,21,26). The number of hydrogen-bond acceptors (Lipinski definition) is 6. The first-order chi connectivity index (χ1) is 13.1. The smallest absolute Gasteiger partial charge is 0.252 e. The first-order valence-electron chi connectivity index (χ1n) is 9.42. The van der Waals surface area contributed by atoms with Gasteiger partial charge in [0, 0.05) is 17.6 Å². The highest BCUT2D eigenvalue weighted by atomic mass is 16.4. The van der Waals surface area contributed by atoms with Crippen LogP contribution < -0.4 is 5.56 Å². The fourth-order valence-electron chi connectivity index (χ4n) is 3.72. The molecule has 1 saturated heterocycles. The third kappa shape index (κ3) is 3.94. The minimum absolute atomic E-state index is 0.0307. The van der Waals surface area contributed by atoms with Crippen LogP contribution in [0.1, 0.15) is 42.6 Å². The van der Waals surface area contributed by atoms with Crippen LogP contribution in [0.25, 0.3) is 10.9 Å². The number of fused-ring (bicyclic) bond motifs is 1. The maximum Gasteiger partial charge on any atom is 0.252 e. The van der Waals surface area contributed by atoms with Crippen molar-refractivity contribution in [2.45, 2.75) is 38.4 Å². The molecule has 1 aliphatic rings. The lowest BCUT2D eigenvalue weighted by molar-refractivity contribution is 0.115. The fraction of sp³-hybridized carbons (Fsp3) is 0.450. The van der Waals surface area contributed by atoms with Gasteiger partial charge in [-0.05, 0) is 51.0 Å². The number of rotatable bonds is 5. The summed E-state index contributed by atoms with van der Waals surface area (Å²) in [6.45, 7) is 2.13. The number of hydrogen-bond donors (Lipinski definition) is 1. The van der Waals surface area contributed by atoms with E-state index in [1.807, 2.05) is 49.3 Å². The molecule has 4 rings (SSSR count). The van der Waals surface area contributed by atoms with Gasteiger partial charge in [0.25, 0.3) is 5.56 Å². The third-order valence-corrected chi connectivity index (χ3v) is 5.04. The number of nitrogens with zero attached hydrogens (tertiary/aromatic N) is 4. The monoisotopic (exact) mass is 367 g/mol. The second-order valence-electron chi connectivity index (χ2n) is 7.46. The number of benzene rings is 1. The van der Waals surface area contributed by atoms with E-state index in [2.05, 4.69) is 20.1 Å². The van der Waals surface area contributed by atoms with Crippen molar-refractivity contribution in [1.29, 1.82) is 0 Å². The van der Waals surface area contributed by atoms with Crippen LogP contribution in [-0.2, 0) is 13.1 Å². The van der Waals surface area contributed by atoms with E-state index < -0.39 is 0 Å². The van der Waals surface area contributed by atoms with Crippen LogP contribution in [0.15, 0.2) is 39.5 Å². The lowest BCUT2D eigenvalue weighted by Crippen LogP contribution is -2.35. The number of nitrogens with one attached hydrogen (secondary N) is 1. The molecule has 1 atom stereocenters. The van der Waals surface area contributed by atoms with Gasteiger partial charge in [0.05, 0.1) is 12.6 Å². The Morgan fingerprint density at radius 3 is 2.96 bits per heavy atom. The van der Waals surface area contributed by atoms with Crippen molar-refractivity contribution in [1.82, 2.24) is 25.0 Å². The van der Waals surface area contributed by atoms with Crippen LogP contribution >= 0.6 is 0 Å². The number of H-pyrrole nitrogens is 1. The second-order valence-corrected chi connectivity index (χ2v) is 7.46. The summed E-state index contributed by atoms with van der Waals surface area (Å²) in [6, 6.07) is 9.92. The summed E-state index contributed by atoms with van der Waals surface area (Å²) in [6.07, 6.45) is 3.20. The van der Waals surface area contributed by atoms with Gasteiger partial charge in [-0.25, -0.2) is 0 Å². The Morgan fingerprint density at radius 2 is 2.11 bits per heavy atom. The van der Waals surface area contributed by atoms with Crippen LogP contribution in [-0.4, -0.2) is 45.6 Å². The number of aromatic amines is 1. The van der Waals surface area contributed by atoms with Crippen molar-refractivity contribution in [3.8, 4) is 0 Å². The van der Waals surface area contributed by atoms with Crippen molar-refractivity contribution < 1.29 is 4.42 Å². The summed E-state index contributed by atoms with van der Waals surface area (Å²) in [5.74, 6) is 1.29. The largest absolute Gasteiger partial charge is 0.422 e. The molecule has 7 heteroatoms. The molecule has 1 aliphatic heterocycles. The van der Waals surface area contributed by atoms with Crippen LogP contribution in [0.2, 0.25) is 0 Å². The SMILES string of the molecule is CN(C)Cc1nnc(C2CCCCN2Cc2cc3ccccc3[nH]c2=O)o1. The lowest BCUT2D eigenvalue weighted by atomic mass is 10.0. The van der Waals surface area contributed by atoms with Crippen LogP contribution in [0.3, 0.4) is 0 Å². The van der Waals surface area contributed by atoms with E-state index in [0.717, 1.165) is 42.3 Å². The Kier molecular flexibility index (Phi) is 5.05. The van der Waals surface area contributed by atoms with Gasteiger partial charge in [0.1, 0.15) is 0 Å². The highest BCUT2D eigenvalue weighted by molar-refractivity contribution is 5.78. The van der Waals surface area contributed by atoms with Gasteiger partial charge in [-0.15, -0.1) is 10.2 Å². The Bertz CT molecular complexity index is 978. The number of pyridine rings is 1. The number of aromatic nitrogens is 3. The highest BCUT2D eigenvalue weighted by Gasteiger charge is 2.29. The van der Waals surface area contributed by atoms with E-state index in [-0.39, 0.29) is 11.6 Å². The van der Waals surface area contributed by atoms with Gasteiger partial charge in [0.2, 0.25) is 11.8 Å². The third-order valence-electron chi connectivity index (χ3n) is 5.04. The van der Waals surface area contributed by atoms with E-state index in [1.165, 1.54) is 0 Å². The van der Waals surface area contributed by atoms with Crippen molar-refractivity contribution in [2.24, 2.45) is 0 Å². The molecule has 1 fully saturated rings. The summed E-state index contributed by atoms with van der Waals surface area (Å²) in [4.78, 5) is 19.8. The van der Waals surface area contributed by atoms with E-state index in [0.29, 0.717) is 24.9 Å². The summed E-state index contributed by atoms with van der Waals surface area (Å²) in [5.41, 5.74) is 1.61. The van der Waals surface area contributed by atoms with Crippen molar-refractivity contribution in [3.63, 3.8) is 0 Å². The quantitative estimate of drug-likeness (QED) is 0.747. The number of para-hydroxylation sites is 1. The summed E-state index contributed by atoms with van der Waals surface area (Å²) in [5, 5.41) is 9.51. The van der Waals surface area contributed by atoms with Gasteiger partial charge in [-0.2, -0.15) is 0 Å². The van der Waals surface area contributed by atoms with Crippen LogP contribution in [0.4, 0.5) is 0 Å². The van der Waals surface area contributed by atoms with Gasteiger partial charge in [-0.3, -0.25) is 9.69 Å². The number of likely N-dealkylation sites (tertiary alicyclic amines) is 1. The van der Waals surface area contributed by atoms with Crippen molar-refractivity contribution >= 4 is 10.9 Å². The fourth-order valence-corrected chi connectivity index (χ4v) is 3.72. The van der Waals surface area contributed by atoms with E-state index in [9.17, 15) is 4.79 Å². The Balaban J connectivity index is 1.59. The van der Waals surface area contributed by atoms with Gasteiger partial charge >= 0.3 is 0 Å². The maximum absolute atomic E-state index is 12.5. The van der Waals surface area contributed by atoms with Gasteiger partial charge < -0.3 is 14.3 Å². The van der Waals surface area contributed by atoms with Gasteiger partial charge in [-0.1, -0.05) is 24.6 Å². The molecule has 0 spiro atoms. The first kappa shape index (κ1) is 17.9. The molecule has 2 aromatic heterocycles. The molecule has 0 aliphatic carbocycles. The lowest BCUT2D eigenvalue weighted by Gasteiger charge is -2.33. The molecule has 0 amide bonds. The molecule has 142 valence electrons. The molecule has 0 radical (unpaired) electrons. The first-order valence-corrected chi connectivity index (χ1v) is 9.42. The zero-order chi connectivity index (χ0) is 18.8. The topological polar surface area (TPSA) is 78.3 Å². The Labute approximate surface area is 158 Å². The second kappa shape index (κ2) is 7.62. The van der Waals surface area contributed by atoms with Crippen LogP contribution in [0.5, 0.6) is 0 Å². The molecule has 27 heavy (non-hydrogen) atoms. The molecular formula is C20H25N5O2. The molecule has 0 saturated carbocycles. The summed E-state index contributed by atoms with van der Waals surface area (Å²) in [7, 11) is 3.95. The average Bonchev–Trinajstić information content (AvgIpc) is 3.10. The highest BCUT2D eigenvalue weighted by Crippen LogP contribution is 2.31. The molecule has 3 aromatic rings. The zero-order valence-electron chi connectivity index (χ0n) is 15.8. The number of piperidine rings is 1. The molecule has 3 heterocycles. The predicted molar refractivity (Wildman–Crippen MR) is 103 cm³/mol. The Hall–Kier alpha value is -2.51. The molecular weight excluding hydrogens is 342 g/mol. The predicted octanol–water partition coefficient (Wildman–Crippen LogP) is 2.70. The molecule has 1 unspecified atom stereocenters. The van der Waals surface area contributed by atoms with Gasteiger partial charge in [0.15, 0.2) is 0 Å². The van der Waals surface area contributed by atoms with Crippen LogP contribution in [0, 0.1) is 0 Å². The van der Waals surface area contributed by atoms with Crippen molar-refractivity contribution in [3.05, 3.63) is 58.0 Å². The van der Waals surface area contributed by atoms with E-state index in [4.69, 9.17) is 4.42 Å².